The van der Waals surface area contributed by atoms with Gasteiger partial charge in [0.15, 0.2) is 0 Å². The van der Waals surface area contributed by atoms with Crippen molar-refractivity contribution >= 4 is 70.1 Å². The normalized spacial score (nSPS) is 13.7. The molecule has 3 aromatic carbocycles. The molecular formula is C32H26Cl3N3O3. The van der Waals surface area contributed by atoms with Crippen molar-refractivity contribution in [2.45, 2.75) is 0 Å². The summed E-state index contributed by atoms with van der Waals surface area (Å²) in [6, 6.07) is 23.8. The number of benzene rings is 3. The SMILES string of the molecule is O=C(/C=C/c1ccc(-c2cc(Cl)cc(Cl)c2)o1)Nc1ccc(N2CCN(C(=O)/C=C/c3ccccc3)CC2)c(Cl)c1. The number of hydrogen-bond donors (Lipinski definition) is 1. The molecule has 1 saturated heterocycles. The fraction of sp³-hybridized carbons (Fsp3) is 0.125. The number of anilines is 2. The Bertz CT molecular complexity index is 1590. The van der Waals surface area contributed by atoms with Crippen molar-refractivity contribution in [3.63, 3.8) is 0 Å². The van der Waals surface area contributed by atoms with E-state index in [0.717, 1.165) is 16.8 Å². The molecule has 9 heteroatoms. The highest BCUT2D eigenvalue weighted by Crippen LogP contribution is 2.31. The third-order valence-electron chi connectivity index (χ3n) is 6.54. The summed E-state index contributed by atoms with van der Waals surface area (Å²) in [6.45, 7) is 2.50. The van der Waals surface area contributed by atoms with E-state index < -0.39 is 0 Å². The van der Waals surface area contributed by atoms with Crippen LogP contribution in [0.5, 0.6) is 0 Å². The summed E-state index contributed by atoms with van der Waals surface area (Å²) < 4.78 is 5.80. The van der Waals surface area contributed by atoms with Gasteiger partial charge in [0.25, 0.3) is 0 Å². The Balaban J connectivity index is 1.14. The minimum Gasteiger partial charge on any atom is -0.457 e. The lowest BCUT2D eigenvalue weighted by atomic mass is 10.2. The minimum absolute atomic E-state index is 0.00894. The number of furan rings is 1. The van der Waals surface area contributed by atoms with Gasteiger partial charge in [0.1, 0.15) is 11.5 Å². The van der Waals surface area contributed by atoms with Crippen LogP contribution in [0.1, 0.15) is 11.3 Å². The third kappa shape index (κ3) is 7.61. The first kappa shape index (κ1) is 28.6. The molecule has 1 N–H and O–H groups in total. The quantitative estimate of drug-likeness (QED) is 0.217. The van der Waals surface area contributed by atoms with E-state index in [1.54, 1.807) is 54.6 Å². The Hall–Kier alpha value is -3.97. The molecule has 1 aliphatic rings. The van der Waals surface area contributed by atoms with Crippen LogP contribution in [0.3, 0.4) is 0 Å². The van der Waals surface area contributed by atoms with Crippen LogP contribution in [-0.4, -0.2) is 42.9 Å². The zero-order valence-electron chi connectivity index (χ0n) is 21.9. The van der Waals surface area contributed by atoms with Gasteiger partial charge in [0.2, 0.25) is 11.8 Å². The van der Waals surface area contributed by atoms with Crippen LogP contribution >= 0.6 is 34.8 Å². The zero-order chi connectivity index (χ0) is 28.8. The lowest BCUT2D eigenvalue weighted by Gasteiger charge is -2.36. The summed E-state index contributed by atoms with van der Waals surface area (Å²) in [5.74, 6) is 0.761. The van der Waals surface area contributed by atoms with Crippen LogP contribution in [0.2, 0.25) is 15.1 Å². The monoisotopic (exact) mass is 605 g/mol. The number of carbonyl (C=O) groups is 2. The largest absolute Gasteiger partial charge is 0.457 e. The second-order valence-corrected chi connectivity index (χ2v) is 10.7. The Morgan fingerprint density at radius 3 is 2.22 bits per heavy atom. The highest BCUT2D eigenvalue weighted by atomic mass is 35.5. The molecule has 0 atom stereocenters. The van der Waals surface area contributed by atoms with E-state index in [2.05, 4.69) is 10.2 Å². The zero-order valence-corrected chi connectivity index (χ0v) is 24.2. The maximum atomic E-state index is 12.6. The number of nitrogens with zero attached hydrogens (tertiary/aromatic N) is 2. The second-order valence-electron chi connectivity index (χ2n) is 9.41. The maximum absolute atomic E-state index is 12.6. The van der Waals surface area contributed by atoms with Crippen LogP contribution in [0.15, 0.2) is 95.4 Å². The van der Waals surface area contributed by atoms with E-state index in [1.165, 1.54) is 6.08 Å². The van der Waals surface area contributed by atoms with E-state index >= 15 is 0 Å². The minimum atomic E-state index is -0.326. The summed E-state index contributed by atoms with van der Waals surface area (Å²) in [4.78, 5) is 29.1. The van der Waals surface area contributed by atoms with Crippen LogP contribution in [0.4, 0.5) is 11.4 Å². The Morgan fingerprint density at radius 2 is 1.51 bits per heavy atom. The molecule has 1 fully saturated rings. The lowest BCUT2D eigenvalue weighted by Crippen LogP contribution is -2.48. The van der Waals surface area contributed by atoms with Crippen LogP contribution < -0.4 is 10.2 Å². The molecule has 208 valence electrons. The van der Waals surface area contributed by atoms with E-state index in [1.807, 2.05) is 47.4 Å². The van der Waals surface area contributed by atoms with Crippen LogP contribution in [0, 0.1) is 0 Å². The van der Waals surface area contributed by atoms with Gasteiger partial charge in [-0.3, -0.25) is 9.59 Å². The molecule has 0 radical (unpaired) electrons. The molecule has 0 spiro atoms. The van der Waals surface area contributed by atoms with Gasteiger partial charge < -0.3 is 19.5 Å². The van der Waals surface area contributed by atoms with E-state index in [0.29, 0.717) is 58.5 Å². The molecule has 5 rings (SSSR count). The first-order valence-corrected chi connectivity index (χ1v) is 14.1. The molecule has 1 aromatic heterocycles. The average molecular weight is 607 g/mol. The molecule has 0 saturated carbocycles. The first-order valence-electron chi connectivity index (χ1n) is 13.0. The van der Waals surface area contributed by atoms with Crippen molar-refractivity contribution in [3.8, 4) is 11.3 Å². The predicted octanol–water partition coefficient (Wildman–Crippen LogP) is 7.92. The molecule has 0 bridgehead atoms. The van der Waals surface area contributed by atoms with Gasteiger partial charge >= 0.3 is 0 Å². The van der Waals surface area contributed by atoms with Crippen molar-refractivity contribution in [1.29, 1.82) is 0 Å². The number of rotatable bonds is 7. The second kappa shape index (κ2) is 13.1. The molecule has 6 nitrogen and oxygen atoms in total. The number of nitrogens with one attached hydrogen (secondary N) is 1. The Morgan fingerprint density at radius 1 is 0.780 bits per heavy atom. The number of hydrogen-bond acceptors (Lipinski definition) is 4. The fourth-order valence-corrected chi connectivity index (χ4v) is 5.31. The smallest absolute Gasteiger partial charge is 0.248 e. The predicted molar refractivity (Wildman–Crippen MR) is 168 cm³/mol. The molecule has 2 heterocycles. The molecular weight excluding hydrogens is 581 g/mol. The molecule has 1 aliphatic heterocycles. The molecule has 0 aliphatic carbocycles. The van der Waals surface area contributed by atoms with Gasteiger partial charge in [0, 0.05) is 59.6 Å². The summed E-state index contributed by atoms with van der Waals surface area (Å²) >= 11 is 18.7. The highest BCUT2D eigenvalue weighted by molar-refractivity contribution is 6.35. The number of piperazine rings is 1. The van der Waals surface area contributed by atoms with Crippen molar-refractivity contribution in [2.75, 3.05) is 36.4 Å². The highest BCUT2D eigenvalue weighted by Gasteiger charge is 2.21. The van der Waals surface area contributed by atoms with Crippen molar-refractivity contribution in [2.24, 2.45) is 0 Å². The van der Waals surface area contributed by atoms with Gasteiger partial charge in [-0.05, 0) is 66.2 Å². The van der Waals surface area contributed by atoms with Crippen molar-refractivity contribution in [3.05, 3.63) is 117 Å². The van der Waals surface area contributed by atoms with E-state index in [9.17, 15) is 9.59 Å². The van der Waals surface area contributed by atoms with Gasteiger partial charge in [-0.2, -0.15) is 0 Å². The van der Waals surface area contributed by atoms with Gasteiger partial charge in [-0.1, -0.05) is 65.1 Å². The number of halogens is 3. The van der Waals surface area contributed by atoms with E-state index in [-0.39, 0.29) is 11.8 Å². The molecule has 4 aromatic rings. The van der Waals surface area contributed by atoms with Crippen LogP contribution in [0.25, 0.3) is 23.5 Å². The van der Waals surface area contributed by atoms with Crippen molar-refractivity contribution in [1.82, 2.24) is 4.90 Å². The van der Waals surface area contributed by atoms with Crippen molar-refractivity contribution < 1.29 is 14.0 Å². The lowest BCUT2D eigenvalue weighted by molar-refractivity contribution is -0.126. The molecule has 41 heavy (non-hydrogen) atoms. The standard InChI is InChI=1S/C32H26Cl3N3O3/c33-24-18-23(19-25(34)20-24)30-11-8-27(41-30)9-12-31(39)36-26-7-10-29(28(35)21-26)37-14-16-38(17-15-37)32(40)13-6-22-4-2-1-3-5-22/h1-13,18-21H,14-17H2,(H,36,39)/b12-9+,13-6+. The average Bonchev–Trinajstić information content (AvgIpc) is 3.44. The van der Waals surface area contributed by atoms with E-state index in [4.69, 9.17) is 39.2 Å². The fourth-order valence-electron chi connectivity index (χ4n) is 4.48. The molecule has 0 unspecified atom stereocenters. The maximum Gasteiger partial charge on any atom is 0.248 e. The summed E-state index contributed by atoms with van der Waals surface area (Å²) in [7, 11) is 0. The topological polar surface area (TPSA) is 65.8 Å². The summed E-state index contributed by atoms with van der Waals surface area (Å²) in [5, 5.41) is 4.36. The third-order valence-corrected chi connectivity index (χ3v) is 7.28. The summed E-state index contributed by atoms with van der Waals surface area (Å²) in [6.07, 6.45) is 6.41. The van der Waals surface area contributed by atoms with Gasteiger partial charge in [-0.25, -0.2) is 0 Å². The molecule has 2 amide bonds. The first-order chi connectivity index (χ1) is 19.8. The Kier molecular flexibility index (Phi) is 9.14. The van der Waals surface area contributed by atoms with Crippen LogP contribution in [-0.2, 0) is 9.59 Å². The number of carbonyl (C=O) groups excluding carboxylic acids is 2. The van der Waals surface area contributed by atoms with Gasteiger partial charge in [-0.15, -0.1) is 0 Å². The summed E-state index contributed by atoms with van der Waals surface area (Å²) in [5.41, 5.74) is 3.16. The Labute approximate surface area is 253 Å². The number of amides is 2. The van der Waals surface area contributed by atoms with Gasteiger partial charge in [0.05, 0.1) is 10.7 Å².